The van der Waals surface area contributed by atoms with Gasteiger partial charge in [0.1, 0.15) is 0 Å². The Kier molecular flexibility index (Phi) is 3.37. The molecule has 1 aliphatic rings. The minimum Gasteiger partial charge on any atom is -0.370 e. The van der Waals surface area contributed by atoms with Crippen molar-refractivity contribution in [3.05, 3.63) is 22.5 Å². The van der Waals surface area contributed by atoms with E-state index in [-0.39, 0.29) is 0 Å². The SMILES string of the molecule is Cc1cnc(CCl)c(Cl)c1N1CCCC1. The standard InChI is InChI=1S/C11H14Cl2N2/c1-8-7-14-9(6-12)10(13)11(8)15-4-2-3-5-15/h7H,2-6H2,1H3. The number of rotatable bonds is 2. The highest BCUT2D eigenvalue weighted by molar-refractivity contribution is 6.34. The topological polar surface area (TPSA) is 16.1 Å². The molecule has 0 atom stereocenters. The minimum atomic E-state index is 0.375. The van der Waals surface area contributed by atoms with E-state index in [1.54, 1.807) is 0 Å². The largest absolute Gasteiger partial charge is 0.370 e. The molecule has 0 spiro atoms. The number of hydrogen-bond donors (Lipinski definition) is 0. The molecule has 2 nitrogen and oxygen atoms in total. The highest BCUT2D eigenvalue weighted by Crippen LogP contribution is 2.34. The monoisotopic (exact) mass is 244 g/mol. The van der Waals surface area contributed by atoms with Crippen molar-refractivity contribution in [3.8, 4) is 0 Å². The van der Waals surface area contributed by atoms with Crippen molar-refractivity contribution < 1.29 is 0 Å². The highest BCUT2D eigenvalue weighted by Gasteiger charge is 2.19. The summed E-state index contributed by atoms with van der Waals surface area (Å²) >= 11 is 12.1. The van der Waals surface area contributed by atoms with Gasteiger partial charge in [0.05, 0.1) is 22.3 Å². The molecule has 82 valence electrons. The average Bonchev–Trinajstić information content (AvgIpc) is 2.71. The molecule has 15 heavy (non-hydrogen) atoms. The Labute approximate surface area is 100 Å². The number of hydrogen-bond acceptors (Lipinski definition) is 2. The van der Waals surface area contributed by atoms with E-state index in [2.05, 4.69) is 9.88 Å². The maximum atomic E-state index is 6.31. The van der Waals surface area contributed by atoms with E-state index in [4.69, 9.17) is 23.2 Å². The number of anilines is 1. The van der Waals surface area contributed by atoms with Gasteiger partial charge in [0, 0.05) is 19.3 Å². The predicted octanol–water partition coefficient (Wildman–Crippen LogP) is 3.38. The quantitative estimate of drug-likeness (QED) is 0.742. The van der Waals surface area contributed by atoms with Gasteiger partial charge in [-0.3, -0.25) is 4.98 Å². The molecule has 0 radical (unpaired) electrons. The molecule has 0 saturated carbocycles. The first kappa shape index (κ1) is 11.0. The molecule has 0 bridgehead atoms. The van der Waals surface area contributed by atoms with Gasteiger partial charge >= 0.3 is 0 Å². The highest BCUT2D eigenvalue weighted by atomic mass is 35.5. The first-order valence-electron chi connectivity index (χ1n) is 5.19. The second kappa shape index (κ2) is 4.58. The molecule has 0 aromatic carbocycles. The van der Waals surface area contributed by atoms with E-state index in [1.165, 1.54) is 12.8 Å². The van der Waals surface area contributed by atoms with Crippen molar-refractivity contribution in [1.29, 1.82) is 0 Å². The lowest BCUT2D eigenvalue weighted by Gasteiger charge is -2.22. The first-order valence-corrected chi connectivity index (χ1v) is 6.10. The first-order chi connectivity index (χ1) is 7.24. The smallest absolute Gasteiger partial charge is 0.0869 e. The molecular formula is C11H14Cl2N2. The zero-order chi connectivity index (χ0) is 10.8. The van der Waals surface area contributed by atoms with E-state index in [0.29, 0.717) is 5.88 Å². The Bertz CT molecular complexity index is 360. The van der Waals surface area contributed by atoms with Crippen LogP contribution in [0.2, 0.25) is 5.02 Å². The summed E-state index contributed by atoms with van der Waals surface area (Å²) < 4.78 is 0. The molecule has 1 saturated heterocycles. The maximum Gasteiger partial charge on any atom is 0.0869 e. The summed E-state index contributed by atoms with van der Waals surface area (Å²) in [5.41, 5.74) is 3.04. The molecule has 1 aliphatic heterocycles. The molecule has 0 unspecified atom stereocenters. The Morgan fingerprint density at radius 1 is 1.40 bits per heavy atom. The minimum absolute atomic E-state index is 0.375. The predicted molar refractivity (Wildman–Crippen MR) is 65.0 cm³/mol. The van der Waals surface area contributed by atoms with Gasteiger partial charge < -0.3 is 4.90 Å². The van der Waals surface area contributed by atoms with Gasteiger partial charge in [-0.05, 0) is 25.3 Å². The second-order valence-electron chi connectivity index (χ2n) is 3.88. The van der Waals surface area contributed by atoms with Crippen LogP contribution in [0.3, 0.4) is 0 Å². The third-order valence-corrected chi connectivity index (χ3v) is 3.45. The summed E-state index contributed by atoms with van der Waals surface area (Å²) in [4.78, 5) is 6.57. The summed E-state index contributed by atoms with van der Waals surface area (Å²) in [6.45, 7) is 4.23. The van der Waals surface area contributed by atoms with Crippen LogP contribution in [0.5, 0.6) is 0 Å². The zero-order valence-corrected chi connectivity index (χ0v) is 10.3. The normalized spacial score (nSPS) is 16.1. The summed E-state index contributed by atoms with van der Waals surface area (Å²) in [6, 6.07) is 0. The van der Waals surface area contributed by atoms with Crippen molar-refractivity contribution in [3.63, 3.8) is 0 Å². The lowest BCUT2D eigenvalue weighted by molar-refractivity contribution is 0.949. The van der Waals surface area contributed by atoms with Crippen LogP contribution in [0.4, 0.5) is 5.69 Å². The molecule has 2 heterocycles. The van der Waals surface area contributed by atoms with Crippen molar-refractivity contribution >= 4 is 28.9 Å². The van der Waals surface area contributed by atoms with Gasteiger partial charge in [0.25, 0.3) is 0 Å². The third-order valence-electron chi connectivity index (χ3n) is 2.80. The fraction of sp³-hybridized carbons (Fsp3) is 0.545. The van der Waals surface area contributed by atoms with Crippen molar-refractivity contribution in [2.24, 2.45) is 0 Å². The van der Waals surface area contributed by atoms with Gasteiger partial charge in [-0.2, -0.15) is 0 Å². The van der Waals surface area contributed by atoms with Crippen LogP contribution in [0, 0.1) is 6.92 Å². The molecule has 0 amide bonds. The lowest BCUT2D eigenvalue weighted by atomic mass is 10.2. The molecule has 1 aromatic rings. The number of pyridine rings is 1. The lowest BCUT2D eigenvalue weighted by Crippen LogP contribution is -2.19. The van der Waals surface area contributed by atoms with Crippen LogP contribution >= 0.6 is 23.2 Å². The van der Waals surface area contributed by atoms with E-state index in [1.807, 2.05) is 13.1 Å². The van der Waals surface area contributed by atoms with Gasteiger partial charge in [-0.15, -0.1) is 11.6 Å². The second-order valence-corrected chi connectivity index (χ2v) is 4.52. The maximum absolute atomic E-state index is 6.31. The fourth-order valence-electron chi connectivity index (χ4n) is 2.02. The molecule has 0 N–H and O–H groups in total. The molecule has 2 rings (SSSR count). The molecule has 0 aliphatic carbocycles. The number of aryl methyl sites for hydroxylation is 1. The number of alkyl halides is 1. The van der Waals surface area contributed by atoms with Crippen LogP contribution in [-0.4, -0.2) is 18.1 Å². The zero-order valence-electron chi connectivity index (χ0n) is 8.76. The van der Waals surface area contributed by atoms with Crippen molar-refractivity contribution in [2.45, 2.75) is 25.6 Å². The fourth-order valence-corrected chi connectivity index (χ4v) is 2.68. The van der Waals surface area contributed by atoms with Crippen LogP contribution in [0.25, 0.3) is 0 Å². The van der Waals surface area contributed by atoms with Gasteiger partial charge in [0.15, 0.2) is 0 Å². The van der Waals surface area contributed by atoms with E-state index >= 15 is 0 Å². The molecule has 1 aromatic heterocycles. The van der Waals surface area contributed by atoms with E-state index in [0.717, 1.165) is 35.1 Å². The number of halogens is 2. The summed E-state index contributed by atoms with van der Waals surface area (Å²) in [5.74, 6) is 0.375. The van der Waals surface area contributed by atoms with E-state index < -0.39 is 0 Å². The third kappa shape index (κ3) is 2.06. The van der Waals surface area contributed by atoms with Crippen molar-refractivity contribution in [1.82, 2.24) is 4.98 Å². The summed E-state index contributed by atoms with van der Waals surface area (Å²) in [5, 5.41) is 0.729. The molecule has 1 fully saturated rings. The Balaban J connectivity index is 2.43. The number of aromatic nitrogens is 1. The van der Waals surface area contributed by atoms with Crippen LogP contribution in [-0.2, 0) is 5.88 Å². The Morgan fingerprint density at radius 3 is 2.67 bits per heavy atom. The Hall–Kier alpha value is -0.470. The van der Waals surface area contributed by atoms with Gasteiger partial charge in [-0.25, -0.2) is 0 Å². The number of nitrogens with zero attached hydrogens (tertiary/aromatic N) is 2. The van der Waals surface area contributed by atoms with Crippen LogP contribution in [0.15, 0.2) is 6.20 Å². The molecule has 4 heteroatoms. The van der Waals surface area contributed by atoms with Gasteiger partial charge in [0.2, 0.25) is 0 Å². The van der Waals surface area contributed by atoms with Crippen LogP contribution in [0.1, 0.15) is 24.1 Å². The van der Waals surface area contributed by atoms with E-state index in [9.17, 15) is 0 Å². The van der Waals surface area contributed by atoms with Crippen LogP contribution < -0.4 is 4.90 Å². The van der Waals surface area contributed by atoms with Gasteiger partial charge in [-0.1, -0.05) is 11.6 Å². The Morgan fingerprint density at radius 2 is 2.07 bits per heavy atom. The summed E-state index contributed by atoms with van der Waals surface area (Å²) in [6.07, 6.45) is 4.35. The summed E-state index contributed by atoms with van der Waals surface area (Å²) in [7, 11) is 0. The van der Waals surface area contributed by atoms with Crippen molar-refractivity contribution in [2.75, 3.05) is 18.0 Å². The molecular weight excluding hydrogens is 231 g/mol. The average molecular weight is 245 g/mol.